The van der Waals surface area contributed by atoms with E-state index in [2.05, 4.69) is 49.5 Å². The van der Waals surface area contributed by atoms with Crippen LogP contribution in [0.15, 0.2) is 30.3 Å². The molecule has 0 atom stereocenters. The van der Waals surface area contributed by atoms with Crippen molar-refractivity contribution in [2.75, 3.05) is 13.6 Å². The highest BCUT2D eigenvalue weighted by molar-refractivity contribution is 5.23. The van der Waals surface area contributed by atoms with Crippen LogP contribution in [0.5, 0.6) is 0 Å². The van der Waals surface area contributed by atoms with E-state index in [0.717, 1.165) is 6.54 Å². The molecule has 0 amide bonds. The van der Waals surface area contributed by atoms with Gasteiger partial charge in [0.05, 0.1) is 0 Å². The first-order chi connectivity index (χ1) is 6.67. The normalized spacial score (nSPS) is 10.4. The van der Waals surface area contributed by atoms with Crippen molar-refractivity contribution in [1.82, 2.24) is 5.32 Å². The molecule has 0 aromatic heterocycles. The lowest BCUT2D eigenvalue weighted by Gasteiger charge is -2.24. The summed E-state index contributed by atoms with van der Waals surface area (Å²) < 4.78 is 0. The molecule has 0 fully saturated rings. The Kier molecular flexibility index (Phi) is 6.22. The first-order valence-corrected chi connectivity index (χ1v) is 5.37. The third-order valence-corrected chi connectivity index (χ3v) is 2.17. The summed E-state index contributed by atoms with van der Waals surface area (Å²) in [5.41, 5.74) is 1.62. The molecule has 1 aromatic carbocycles. The molecule has 1 N–H and O–H groups in total. The van der Waals surface area contributed by atoms with Crippen LogP contribution in [0.4, 0.5) is 0 Å². The van der Waals surface area contributed by atoms with Crippen LogP contribution in [0.25, 0.3) is 0 Å². The summed E-state index contributed by atoms with van der Waals surface area (Å²) in [4.78, 5) is 0. The molecule has 0 aliphatic heterocycles. The molecule has 1 nitrogen and oxygen atoms in total. The fourth-order valence-electron chi connectivity index (χ4n) is 1.43. The highest BCUT2D eigenvalue weighted by atomic mass is 14.8. The second-order valence-corrected chi connectivity index (χ2v) is 3.78. The Hall–Kier alpha value is -0.820. The van der Waals surface area contributed by atoms with E-state index >= 15 is 0 Å². The fourth-order valence-corrected chi connectivity index (χ4v) is 1.43. The summed E-state index contributed by atoms with van der Waals surface area (Å²) in [5.74, 6) is 0. The van der Waals surface area contributed by atoms with Gasteiger partial charge in [0.25, 0.3) is 0 Å². The fraction of sp³-hybridized carbons (Fsp3) is 0.538. The maximum absolute atomic E-state index is 3.21. The number of benzene rings is 1. The SMILES string of the molecule is CC.CNCC(C)(C)c1ccccc1. The molecule has 1 rings (SSSR count). The van der Waals surface area contributed by atoms with Gasteiger partial charge in [0, 0.05) is 12.0 Å². The summed E-state index contributed by atoms with van der Waals surface area (Å²) in [6.45, 7) is 9.51. The van der Waals surface area contributed by atoms with Crippen LogP contribution in [0.3, 0.4) is 0 Å². The predicted octanol–water partition coefficient (Wildman–Crippen LogP) is 3.21. The van der Waals surface area contributed by atoms with Crippen molar-refractivity contribution >= 4 is 0 Å². The van der Waals surface area contributed by atoms with Gasteiger partial charge in [-0.1, -0.05) is 58.0 Å². The van der Waals surface area contributed by atoms with Crippen molar-refractivity contribution in [3.63, 3.8) is 0 Å². The summed E-state index contributed by atoms with van der Waals surface area (Å²) in [7, 11) is 1.99. The van der Waals surface area contributed by atoms with Gasteiger partial charge >= 0.3 is 0 Å². The predicted molar refractivity (Wildman–Crippen MR) is 64.7 cm³/mol. The first-order valence-electron chi connectivity index (χ1n) is 5.37. The van der Waals surface area contributed by atoms with E-state index < -0.39 is 0 Å². The molecule has 0 saturated carbocycles. The summed E-state index contributed by atoms with van der Waals surface area (Å²) in [6.07, 6.45) is 0. The first kappa shape index (κ1) is 13.2. The molecule has 0 spiro atoms. The van der Waals surface area contributed by atoms with E-state index in [0.29, 0.717) is 0 Å². The van der Waals surface area contributed by atoms with Crippen molar-refractivity contribution in [3.8, 4) is 0 Å². The Morgan fingerprint density at radius 2 is 1.57 bits per heavy atom. The number of hydrogen-bond donors (Lipinski definition) is 1. The van der Waals surface area contributed by atoms with E-state index in [1.165, 1.54) is 5.56 Å². The minimum Gasteiger partial charge on any atom is -0.319 e. The molecule has 0 saturated heterocycles. The van der Waals surface area contributed by atoms with E-state index in [1.807, 2.05) is 20.9 Å². The highest BCUT2D eigenvalue weighted by Gasteiger charge is 2.18. The second-order valence-electron chi connectivity index (χ2n) is 3.78. The molecule has 0 aliphatic rings. The van der Waals surface area contributed by atoms with E-state index in [4.69, 9.17) is 0 Å². The molecule has 0 radical (unpaired) electrons. The Morgan fingerprint density at radius 3 is 2.00 bits per heavy atom. The maximum atomic E-state index is 3.21. The zero-order valence-electron chi connectivity index (χ0n) is 10.1. The Morgan fingerprint density at radius 1 is 1.07 bits per heavy atom. The van der Waals surface area contributed by atoms with Gasteiger partial charge in [0.1, 0.15) is 0 Å². The smallest absolute Gasteiger partial charge is 0.00401 e. The number of nitrogens with one attached hydrogen (secondary N) is 1. The van der Waals surface area contributed by atoms with Gasteiger partial charge in [-0.15, -0.1) is 0 Å². The van der Waals surface area contributed by atoms with Crippen LogP contribution in [0, 0.1) is 0 Å². The van der Waals surface area contributed by atoms with E-state index in [9.17, 15) is 0 Å². The minimum atomic E-state index is 0.232. The van der Waals surface area contributed by atoms with Crippen LogP contribution in [0.1, 0.15) is 33.3 Å². The third kappa shape index (κ3) is 3.93. The topological polar surface area (TPSA) is 12.0 Å². The average Bonchev–Trinajstić information content (AvgIpc) is 2.22. The Labute approximate surface area is 88.5 Å². The molecule has 0 aliphatic carbocycles. The average molecular weight is 193 g/mol. The van der Waals surface area contributed by atoms with Gasteiger partial charge < -0.3 is 5.32 Å². The summed E-state index contributed by atoms with van der Waals surface area (Å²) >= 11 is 0. The zero-order chi connectivity index (χ0) is 11.0. The van der Waals surface area contributed by atoms with Crippen LogP contribution in [-0.4, -0.2) is 13.6 Å². The largest absolute Gasteiger partial charge is 0.319 e. The van der Waals surface area contributed by atoms with E-state index in [1.54, 1.807) is 0 Å². The van der Waals surface area contributed by atoms with Gasteiger partial charge in [-0.3, -0.25) is 0 Å². The molecule has 0 bridgehead atoms. The lowest BCUT2D eigenvalue weighted by Crippen LogP contribution is -2.30. The third-order valence-electron chi connectivity index (χ3n) is 2.17. The van der Waals surface area contributed by atoms with Crippen molar-refractivity contribution < 1.29 is 0 Å². The lowest BCUT2D eigenvalue weighted by atomic mass is 9.85. The van der Waals surface area contributed by atoms with Crippen molar-refractivity contribution in [3.05, 3.63) is 35.9 Å². The van der Waals surface area contributed by atoms with Crippen molar-refractivity contribution in [2.45, 2.75) is 33.1 Å². The van der Waals surface area contributed by atoms with Gasteiger partial charge in [0.15, 0.2) is 0 Å². The Bertz CT molecular complexity index is 226. The van der Waals surface area contributed by atoms with Crippen molar-refractivity contribution in [2.24, 2.45) is 0 Å². The number of rotatable bonds is 3. The summed E-state index contributed by atoms with van der Waals surface area (Å²) in [6, 6.07) is 10.6. The molecule has 0 heterocycles. The maximum Gasteiger partial charge on any atom is 0.00401 e. The quantitative estimate of drug-likeness (QED) is 0.777. The summed E-state index contributed by atoms with van der Waals surface area (Å²) in [5, 5.41) is 3.21. The molecular formula is C13H23N. The number of likely N-dealkylation sites (N-methyl/N-ethyl adjacent to an activating group) is 1. The van der Waals surface area contributed by atoms with Crippen LogP contribution in [0.2, 0.25) is 0 Å². The van der Waals surface area contributed by atoms with Crippen LogP contribution < -0.4 is 5.32 Å². The van der Waals surface area contributed by atoms with Crippen LogP contribution in [-0.2, 0) is 5.41 Å². The van der Waals surface area contributed by atoms with Gasteiger partial charge in [-0.25, -0.2) is 0 Å². The number of hydrogen-bond acceptors (Lipinski definition) is 1. The van der Waals surface area contributed by atoms with Gasteiger partial charge in [-0.05, 0) is 12.6 Å². The zero-order valence-corrected chi connectivity index (χ0v) is 10.1. The molecule has 0 unspecified atom stereocenters. The molecule has 80 valence electrons. The van der Waals surface area contributed by atoms with Gasteiger partial charge in [0.2, 0.25) is 0 Å². The van der Waals surface area contributed by atoms with Gasteiger partial charge in [-0.2, -0.15) is 0 Å². The minimum absolute atomic E-state index is 0.232. The molecule has 1 heteroatoms. The Balaban J connectivity index is 0.000000791. The lowest BCUT2D eigenvalue weighted by molar-refractivity contribution is 0.494. The standard InChI is InChI=1S/C11H17N.C2H6/c1-11(2,9-12-3)10-7-5-4-6-8-10;1-2/h4-8,12H,9H2,1-3H3;1-2H3. The molecule has 1 aromatic rings. The highest BCUT2D eigenvalue weighted by Crippen LogP contribution is 2.21. The van der Waals surface area contributed by atoms with E-state index in [-0.39, 0.29) is 5.41 Å². The van der Waals surface area contributed by atoms with Crippen LogP contribution >= 0.6 is 0 Å². The van der Waals surface area contributed by atoms with Crippen molar-refractivity contribution in [1.29, 1.82) is 0 Å². The molecular weight excluding hydrogens is 170 g/mol. The second kappa shape index (κ2) is 6.61. The molecule has 14 heavy (non-hydrogen) atoms. The monoisotopic (exact) mass is 193 g/mol.